The van der Waals surface area contributed by atoms with Crippen molar-refractivity contribution in [1.82, 2.24) is 0 Å². The maximum atomic E-state index is 5.45. The van der Waals surface area contributed by atoms with Crippen molar-refractivity contribution in [3.8, 4) is 0 Å². The van der Waals surface area contributed by atoms with Crippen LogP contribution in [0.4, 0.5) is 0 Å². The van der Waals surface area contributed by atoms with Crippen LogP contribution in [0, 0.1) is 5.92 Å². The van der Waals surface area contributed by atoms with Gasteiger partial charge in [0.25, 0.3) is 0 Å². The van der Waals surface area contributed by atoms with Crippen molar-refractivity contribution in [3.63, 3.8) is 0 Å². The summed E-state index contributed by atoms with van der Waals surface area (Å²) in [6, 6.07) is 0. The fourth-order valence-electron chi connectivity index (χ4n) is 1.18. The Bertz CT molecular complexity index is 117. The fraction of sp³-hybridized carbons (Fsp3) is 0.778. The Morgan fingerprint density at radius 3 is 2.70 bits per heavy atom. The molecular formula is C9H16O. The molecule has 0 amide bonds. The average Bonchev–Trinajstić information content (AvgIpc) is 1.88. The summed E-state index contributed by atoms with van der Waals surface area (Å²) >= 11 is 0. The van der Waals surface area contributed by atoms with E-state index in [2.05, 4.69) is 19.9 Å². The lowest BCUT2D eigenvalue weighted by atomic mass is 10.1. The molecular weight excluding hydrogens is 124 g/mol. The second-order valence-electron chi connectivity index (χ2n) is 3.18. The molecule has 0 N–H and O–H groups in total. The lowest BCUT2D eigenvalue weighted by Gasteiger charge is -2.16. The predicted octanol–water partition coefficient (Wildman–Crippen LogP) is 2.73. The van der Waals surface area contributed by atoms with E-state index >= 15 is 0 Å². The molecule has 0 radical (unpaired) electrons. The van der Waals surface area contributed by atoms with Crippen LogP contribution in [0.15, 0.2) is 11.8 Å². The Morgan fingerprint density at radius 2 is 2.20 bits per heavy atom. The zero-order chi connectivity index (χ0) is 7.40. The van der Waals surface area contributed by atoms with Crippen molar-refractivity contribution in [2.75, 3.05) is 6.61 Å². The summed E-state index contributed by atoms with van der Waals surface area (Å²) in [6.45, 7) is 5.30. The highest BCUT2D eigenvalue weighted by Crippen LogP contribution is 2.17. The van der Waals surface area contributed by atoms with Gasteiger partial charge in [0.1, 0.15) is 0 Å². The van der Waals surface area contributed by atoms with Gasteiger partial charge in [-0.3, -0.25) is 0 Å². The van der Waals surface area contributed by atoms with Crippen LogP contribution in [-0.2, 0) is 4.74 Å². The van der Waals surface area contributed by atoms with E-state index in [9.17, 15) is 0 Å². The standard InChI is InChI=1S/C9H16O/c1-8(2)7-9-5-3-4-6-10-9/h7-8H,3-6H2,1-2H3/b9-7+. The summed E-state index contributed by atoms with van der Waals surface area (Å²) in [7, 11) is 0. The molecule has 1 rings (SSSR count). The van der Waals surface area contributed by atoms with Crippen LogP contribution < -0.4 is 0 Å². The van der Waals surface area contributed by atoms with Gasteiger partial charge in [-0.1, -0.05) is 13.8 Å². The van der Waals surface area contributed by atoms with Gasteiger partial charge in [-0.15, -0.1) is 0 Å². The molecule has 1 aliphatic rings. The normalized spacial score (nSPS) is 23.3. The van der Waals surface area contributed by atoms with E-state index in [0.717, 1.165) is 13.0 Å². The van der Waals surface area contributed by atoms with Gasteiger partial charge in [-0.05, 0) is 24.8 Å². The summed E-state index contributed by atoms with van der Waals surface area (Å²) < 4.78 is 5.45. The van der Waals surface area contributed by atoms with E-state index < -0.39 is 0 Å². The van der Waals surface area contributed by atoms with Crippen molar-refractivity contribution in [2.24, 2.45) is 5.92 Å². The minimum atomic E-state index is 0.632. The van der Waals surface area contributed by atoms with E-state index in [1.54, 1.807) is 0 Å². The minimum absolute atomic E-state index is 0.632. The molecule has 0 aromatic heterocycles. The Kier molecular flexibility index (Phi) is 2.79. The van der Waals surface area contributed by atoms with Gasteiger partial charge in [0.15, 0.2) is 0 Å². The molecule has 0 aromatic rings. The lowest BCUT2D eigenvalue weighted by Crippen LogP contribution is -2.03. The third-order valence-electron chi connectivity index (χ3n) is 1.62. The molecule has 0 spiro atoms. The van der Waals surface area contributed by atoms with Gasteiger partial charge in [-0.25, -0.2) is 0 Å². The molecule has 1 aliphatic heterocycles. The average molecular weight is 140 g/mol. The smallest absolute Gasteiger partial charge is 0.0922 e. The molecule has 0 atom stereocenters. The topological polar surface area (TPSA) is 9.23 Å². The van der Waals surface area contributed by atoms with Crippen molar-refractivity contribution < 1.29 is 4.74 Å². The predicted molar refractivity (Wildman–Crippen MR) is 42.7 cm³/mol. The lowest BCUT2D eigenvalue weighted by molar-refractivity contribution is 0.164. The summed E-state index contributed by atoms with van der Waals surface area (Å²) in [6.07, 6.45) is 5.91. The largest absolute Gasteiger partial charge is 0.498 e. The first-order valence-electron chi connectivity index (χ1n) is 4.12. The monoisotopic (exact) mass is 140 g/mol. The zero-order valence-corrected chi connectivity index (χ0v) is 6.89. The third kappa shape index (κ3) is 2.42. The fourth-order valence-corrected chi connectivity index (χ4v) is 1.18. The Hall–Kier alpha value is -0.460. The molecule has 10 heavy (non-hydrogen) atoms. The quantitative estimate of drug-likeness (QED) is 0.544. The molecule has 0 aliphatic carbocycles. The van der Waals surface area contributed by atoms with E-state index in [4.69, 9.17) is 4.74 Å². The van der Waals surface area contributed by atoms with Crippen molar-refractivity contribution >= 4 is 0 Å². The van der Waals surface area contributed by atoms with Gasteiger partial charge in [0, 0.05) is 6.42 Å². The first kappa shape index (κ1) is 7.64. The number of hydrogen-bond donors (Lipinski definition) is 0. The molecule has 1 heteroatoms. The number of allylic oxidation sites excluding steroid dienone is 2. The van der Waals surface area contributed by atoms with Crippen molar-refractivity contribution in [1.29, 1.82) is 0 Å². The highest BCUT2D eigenvalue weighted by Gasteiger charge is 2.05. The number of hydrogen-bond acceptors (Lipinski definition) is 1. The van der Waals surface area contributed by atoms with E-state index in [1.165, 1.54) is 18.6 Å². The Morgan fingerprint density at radius 1 is 1.40 bits per heavy atom. The molecule has 1 fully saturated rings. The van der Waals surface area contributed by atoms with Gasteiger partial charge in [0.05, 0.1) is 12.4 Å². The van der Waals surface area contributed by atoms with E-state index in [-0.39, 0.29) is 0 Å². The van der Waals surface area contributed by atoms with Crippen LogP contribution in [0.2, 0.25) is 0 Å². The van der Waals surface area contributed by atoms with Crippen LogP contribution >= 0.6 is 0 Å². The third-order valence-corrected chi connectivity index (χ3v) is 1.62. The summed E-state index contributed by atoms with van der Waals surface area (Å²) in [4.78, 5) is 0. The van der Waals surface area contributed by atoms with Crippen LogP contribution in [0.25, 0.3) is 0 Å². The van der Waals surface area contributed by atoms with E-state index in [1.807, 2.05) is 0 Å². The van der Waals surface area contributed by atoms with Gasteiger partial charge in [-0.2, -0.15) is 0 Å². The second kappa shape index (κ2) is 3.65. The molecule has 1 saturated heterocycles. The molecule has 1 nitrogen and oxygen atoms in total. The number of rotatable bonds is 1. The van der Waals surface area contributed by atoms with E-state index in [0.29, 0.717) is 5.92 Å². The first-order valence-corrected chi connectivity index (χ1v) is 4.12. The summed E-state index contributed by atoms with van der Waals surface area (Å²) in [5, 5.41) is 0. The molecule has 0 saturated carbocycles. The minimum Gasteiger partial charge on any atom is -0.498 e. The molecule has 1 heterocycles. The van der Waals surface area contributed by atoms with Crippen LogP contribution in [0.3, 0.4) is 0 Å². The van der Waals surface area contributed by atoms with Gasteiger partial charge in [0.2, 0.25) is 0 Å². The molecule has 0 aromatic carbocycles. The summed E-state index contributed by atoms with van der Waals surface area (Å²) in [5.41, 5.74) is 0. The molecule has 58 valence electrons. The van der Waals surface area contributed by atoms with Crippen LogP contribution in [0.5, 0.6) is 0 Å². The van der Waals surface area contributed by atoms with Crippen molar-refractivity contribution in [3.05, 3.63) is 11.8 Å². The highest BCUT2D eigenvalue weighted by atomic mass is 16.5. The zero-order valence-electron chi connectivity index (χ0n) is 6.89. The molecule has 0 bridgehead atoms. The van der Waals surface area contributed by atoms with Crippen molar-refractivity contribution in [2.45, 2.75) is 33.1 Å². The second-order valence-corrected chi connectivity index (χ2v) is 3.18. The Labute approximate surface area is 63.1 Å². The Balaban J connectivity index is 2.37. The summed E-state index contributed by atoms with van der Waals surface area (Å²) in [5.74, 6) is 1.84. The highest BCUT2D eigenvalue weighted by molar-refractivity contribution is 4.96. The SMILES string of the molecule is CC(C)/C=C1\CCCCO1. The maximum Gasteiger partial charge on any atom is 0.0922 e. The van der Waals surface area contributed by atoms with Crippen LogP contribution in [0.1, 0.15) is 33.1 Å². The van der Waals surface area contributed by atoms with Gasteiger partial charge >= 0.3 is 0 Å². The number of ether oxygens (including phenoxy) is 1. The van der Waals surface area contributed by atoms with Crippen LogP contribution in [-0.4, -0.2) is 6.61 Å². The maximum absolute atomic E-state index is 5.45. The first-order chi connectivity index (χ1) is 4.79. The van der Waals surface area contributed by atoms with Gasteiger partial charge < -0.3 is 4.74 Å². The molecule has 0 unspecified atom stereocenters.